The van der Waals surface area contributed by atoms with Crippen LogP contribution < -0.4 is 10.5 Å². The van der Waals surface area contributed by atoms with Crippen LogP contribution in [-0.4, -0.2) is 7.11 Å². The van der Waals surface area contributed by atoms with Crippen LogP contribution in [0, 0.1) is 32.1 Å². The maximum absolute atomic E-state index is 8.67. The average Bonchev–Trinajstić information content (AvgIpc) is 2.24. The minimum Gasteiger partial charge on any atom is -0.496 e. The van der Waals surface area contributed by atoms with E-state index < -0.39 is 0 Å². The lowest BCUT2D eigenvalue weighted by Gasteiger charge is -2.18. The van der Waals surface area contributed by atoms with Gasteiger partial charge in [-0.2, -0.15) is 5.26 Å². The fourth-order valence-electron chi connectivity index (χ4n) is 2.00. The molecule has 0 amide bonds. The number of nitriles is 1. The van der Waals surface area contributed by atoms with Crippen molar-refractivity contribution in [3.63, 3.8) is 0 Å². The number of nitrogens with zero attached hydrogens (tertiary/aromatic N) is 1. The van der Waals surface area contributed by atoms with Gasteiger partial charge in [0.1, 0.15) is 5.75 Å². The SMILES string of the molecule is COc1c(C)cc(C(N)CC#N)c(C)c1C. The quantitative estimate of drug-likeness (QED) is 0.848. The molecule has 0 aliphatic carbocycles. The first-order valence-corrected chi connectivity index (χ1v) is 5.30. The molecule has 1 rings (SSSR count). The first-order valence-electron chi connectivity index (χ1n) is 5.30. The first-order chi connectivity index (χ1) is 7.52. The zero-order chi connectivity index (χ0) is 12.3. The van der Waals surface area contributed by atoms with Crippen molar-refractivity contribution in [2.75, 3.05) is 7.11 Å². The number of methoxy groups -OCH3 is 1. The number of rotatable bonds is 3. The van der Waals surface area contributed by atoms with Gasteiger partial charge in [-0.3, -0.25) is 0 Å². The van der Waals surface area contributed by atoms with Crippen molar-refractivity contribution in [1.82, 2.24) is 0 Å². The second kappa shape index (κ2) is 5.00. The van der Waals surface area contributed by atoms with Crippen LogP contribution in [0.3, 0.4) is 0 Å². The van der Waals surface area contributed by atoms with Crippen LogP contribution in [0.15, 0.2) is 6.07 Å². The lowest BCUT2D eigenvalue weighted by atomic mass is 9.93. The molecular formula is C13H18N2O. The van der Waals surface area contributed by atoms with Gasteiger partial charge in [-0.15, -0.1) is 0 Å². The van der Waals surface area contributed by atoms with Gasteiger partial charge < -0.3 is 10.5 Å². The minimum atomic E-state index is -0.215. The lowest BCUT2D eigenvalue weighted by molar-refractivity contribution is 0.407. The van der Waals surface area contributed by atoms with Gasteiger partial charge in [0.25, 0.3) is 0 Å². The molecule has 1 aromatic carbocycles. The van der Waals surface area contributed by atoms with Crippen molar-refractivity contribution in [2.45, 2.75) is 33.2 Å². The van der Waals surface area contributed by atoms with Crippen LogP contribution in [0.25, 0.3) is 0 Å². The Balaban J connectivity index is 3.29. The van der Waals surface area contributed by atoms with E-state index in [2.05, 4.69) is 6.07 Å². The smallest absolute Gasteiger partial charge is 0.124 e. The monoisotopic (exact) mass is 218 g/mol. The summed E-state index contributed by atoms with van der Waals surface area (Å²) in [5, 5.41) is 8.67. The molecule has 1 aromatic rings. The van der Waals surface area contributed by atoms with Crippen molar-refractivity contribution in [3.8, 4) is 11.8 Å². The number of ether oxygens (including phenoxy) is 1. The minimum absolute atomic E-state index is 0.215. The van der Waals surface area contributed by atoms with Crippen molar-refractivity contribution in [2.24, 2.45) is 5.73 Å². The highest BCUT2D eigenvalue weighted by Crippen LogP contribution is 2.31. The zero-order valence-electron chi connectivity index (χ0n) is 10.3. The van der Waals surface area contributed by atoms with E-state index in [1.807, 2.05) is 26.8 Å². The highest BCUT2D eigenvalue weighted by molar-refractivity contribution is 5.50. The average molecular weight is 218 g/mol. The molecule has 0 radical (unpaired) electrons. The zero-order valence-corrected chi connectivity index (χ0v) is 10.3. The molecule has 0 heterocycles. The summed E-state index contributed by atoms with van der Waals surface area (Å²) in [6, 6.07) is 3.91. The lowest BCUT2D eigenvalue weighted by Crippen LogP contribution is -2.12. The summed E-state index contributed by atoms with van der Waals surface area (Å²) in [7, 11) is 1.67. The van der Waals surface area contributed by atoms with Crippen molar-refractivity contribution >= 4 is 0 Å². The second-order valence-corrected chi connectivity index (χ2v) is 4.03. The maximum atomic E-state index is 8.67. The summed E-state index contributed by atoms with van der Waals surface area (Å²) < 4.78 is 5.35. The number of nitrogens with two attached hydrogens (primary N) is 1. The molecule has 0 spiro atoms. The van der Waals surface area contributed by atoms with E-state index in [-0.39, 0.29) is 6.04 Å². The molecule has 0 aliphatic rings. The largest absolute Gasteiger partial charge is 0.496 e. The Hall–Kier alpha value is -1.53. The molecule has 3 nitrogen and oxygen atoms in total. The fraction of sp³-hybridized carbons (Fsp3) is 0.462. The molecule has 86 valence electrons. The fourth-order valence-corrected chi connectivity index (χ4v) is 2.00. The molecule has 0 aromatic heterocycles. The van der Waals surface area contributed by atoms with Gasteiger partial charge in [0.15, 0.2) is 0 Å². The van der Waals surface area contributed by atoms with Crippen LogP contribution in [0.5, 0.6) is 5.75 Å². The van der Waals surface area contributed by atoms with Gasteiger partial charge in [0.2, 0.25) is 0 Å². The van der Waals surface area contributed by atoms with E-state index in [0.717, 1.165) is 28.0 Å². The second-order valence-electron chi connectivity index (χ2n) is 4.03. The maximum Gasteiger partial charge on any atom is 0.124 e. The van der Waals surface area contributed by atoms with E-state index in [1.54, 1.807) is 7.11 Å². The summed E-state index contributed by atoms with van der Waals surface area (Å²) >= 11 is 0. The third kappa shape index (κ3) is 2.17. The van der Waals surface area contributed by atoms with Crippen LogP contribution >= 0.6 is 0 Å². The Bertz CT molecular complexity index is 433. The molecule has 3 heteroatoms. The van der Waals surface area contributed by atoms with E-state index in [1.165, 1.54) is 0 Å². The van der Waals surface area contributed by atoms with Gasteiger partial charge in [-0.05, 0) is 43.0 Å². The number of aryl methyl sites for hydroxylation is 1. The third-order valence-corrected chi connectivity index (χ3v) is 2.98. The van der Waals surface area contributed by atoms with Crippen molar-refractivity contribution in [3.05, 3.63) is 28.3 Å². The molecule has 0 saturated carbocycles. The third-order valence-electron chi connectivity index (χ3n) is 2.98. The van der Waals surface area contributed by atoms with Crippen LogP contribution in [-0.2, 0) is 0 Å². The van der Waals surface area contributed by atoms with Crippen LogP contribution in [0.4, 0.5) is 0 Å². The van der Waals surface area contributed by atoms with E-state index in [9.17, 15) is 0 Å². The highest BCUT2D eigenvalue weighted by Gasteiger charge is 2.15. The van der Waals surface area contributed by atoms with Crippen LogP contribution in [0.2, 0.25) is 0 Å². The van der Waals surface area contributed by atoms with Gasteiger partial charge >= 0.3 is 0 Å². The predicted molar refractivity (Wildman–Crippen MR) is 64.4 cm³/mol. The van der Waals surface area contributed by atoms with E-state index in [0.29, 0.717) is 6.42 Å². The summed E-state index contributed by atoms with van der Waals surface area (Å²) in [5.41, 5.74) is 10.3. The predicted octanol–water partition coefficient (Wildman–Crippen LogP) is 2.53. The Morgan fingerprint density at radius 1 is 1.38 bits per heavy atom. The topological polar surface area (TPSA) is 59.0 Å². The standard InChI is InChI=1S/C13H18N2O/c1-8-7-11(12(15)5-6-14)9(2)10(3)13(8)16-4/h7,12H,5,15H2,1-4H3. The van der Waals surface area contributed by atoms with Crippen molar-refractivity contribution < 1.29 is 4.74 Å². The summed E-state index contributed by atoms with van der Waals surface area (Å²) in [6.45, 7) is 6.03. The number of hydrogen-bond acceptors (Lipinski definition) is 3. The Kier molecular flexibility index (Phi) is 3.92. The molecule has 1 unspecified atom stereocenters. The molecule has 0 fully saturated rings. The Morgan fingerprint density at radius 2 is 2.00 bits per heavy atom. The molecule has 2 N–H and O–H groups in total. The number of benzene rings is 1. The molecule has 16 heavy (non-hydrogen) atoms. The number of hydrogen-bond donors (Lipinski definition) is 1. The van der Waals surface area contributed by atoms with Gasteiger partial charge in [0, 0.05) is 6.04 Å². The molecule has 1 atom stereocenters. The molecule has 0 saturated heterocycles. The van der Waals surface area contributed by atoms with Crippen LogP contribution in [0.1, 0.15) is 34.7 Å². The Morgan fingerprint density at radius 3 is 2.50 bits per heavy atom. The Labute approximate surface area is 96.8 Å². The van der Waals surface area contributed by atoms with E-state index in [4.69, 9.17) is 15.7 Å². The summed E-state index contributed by atoms with van der Waals surface area (Å²) in [4.78, 5) is 0. The molecule has 0 bridgehead atoms. The van der Waals surface area contributed by atoms with Crippen molar-refractivity contribution in [1.29, 1.82) is 5.26 Å². The van der Waals surface area contributed by atoms with Gasteiger partial charge in [-0.25, -0.2) is 0 Å². The highest BCUT2D eigenvalue weighted by atomic mass is 16.5. The molecule has 0 aliphatic heterocycles. The summed E-state index contributed by atoms with van der Waals surface area (Å²) in [5.74, 6) is 0.908. The molecular weight excluding hydrogens is 200 g/mol. The van der Waals surface area contributed by atoms with Gasteiger partial charge in [0.05, 0.1) is 19.6 Å². The first kappa shape index (κ1) is 12.5. The van der Waals surface area contributed by atoms with E-state index >= 15 is 0 Å². The summed E-state index contributed by atoms with van der Waals surface area (Å²) in [6.07, 6.45) is 0.339. The van der Waals surface area contributed by atoms with Gasteiger partial charge in [-0.1, -0.05) is 6.07 Å². The normalized spacial score (nSPS) is 12.0.